The minimum absolute atomic E-state index is 0.130. The molecule has 78 valence electrons. The maximum atomic E-state index is 13.1. The molecule has 5 heteroatoms. The van der Waals surface area contributed by atoms with Gasteiger partial charge in [-0.25, -0.2) is 4.39 Å². The monoisotopic (exact) mass is 262 g/mol. The van der Waals surface area contributed by atoms with E-state index in [-0.39, 0.29) is 11.7 Å². The largest absolute Gasteiger partial charge is 0.366 e. The van der Waals surface area contributed by atoms with Gasteiger partial charge >= 0.3 is 0 Å². The van der Waals surface area contributed by atoms with Gasteiger partial charge in [-0.05, 0) is 19.9 Å². The summed E-state index contributed by atoms with van der Waals surface area (Å²) < 4.78 is 12.4. The lowest BCUT2D eigenvalue weighted by Crippen LogP contribution is -2.41. The van der Waals surface area contributed by atoms with Gasteiger partial charge in [-0.1, -0.05) is 22.0 Å². The van der Waals surface area contributed by atoms with Crippen molar-refractivity contribution in [2.24, 2.45) is 0 Å². The van der Waals surface area contributed by atoms with Crippen LogP contribution in [0.2, 0.25) is 0 Å². The number of hydrogen-bond acceptors (Lipinski definition) is 2. The predicted octanol–water partition coefficient (Wildman–Crippen LogP) is 1.57. The number of dihydropyridines is 1. The van der Waals surface area contributed by atoms with Crippen LogP contribution in [0, 0.1) is 0 Å². The molecule has 3 nitrogen and oxygen atoms in total. The van der Waals surface area contributed by atoms with E-state index in [1.165, 1.54) is 6.08 Å². The summed E-state index contributed by atoms with van der Waals surface area (Å²) in [7, 11) is 0. The number of allylic oxidation sites excluding steroid dienone is 2. The molecule has 0 spiro atoms. The zero-order chi connectivity index (χ0) is 10.8. The summed E-state index contributed by atoms with van der Waals surface area (Å²) in [5.41, 5.74) is 0. The topological polar surface area (TPSA) is 41.1 Å². The summed E-state index contributed by atoms with van der Waals surface area (Å²) in [5.74, 6) is -0.614. The lowest BCUT2D eigenvalue weighted by atomic mass is 10.2. The Bertz CT molecular complexity index is 304. The minimum Gasteiger partial charge on any atom is -0.366 e. The molecule has 0 aromatic carbocycles. The summed E-state index contributed by atoms with van der Waals surface area (Å²) in [6, 6.07) is 0. The van der Waals surface area contributed by atoms with Crippen molar-refractivity contribution in [1.82, 2.24) is 10.6 Å². The van der Waals surface area contributed by atoms with Gasteiger partial charge in [0.05, 0.1) is 4.32 Å². The Hall–Kier alpha value is -0.840. The van der Waals surface area contributed by atoms with Crippen molar-refractivity contribution >= 4 is 21.8 Å². The van der Waals surface area contributed by atoms with Gasteiger partial charge < -0.3 is 10.6 Å². The highest BCUT2D eigenvalue weighted by Gasteiger charge is 2.25. The van der Waals surface area contributed by atoms with Crippen molar-refractivity contribution in [2.45, 2.75) is 18.2 Å². The number of hydrogen-bond donors (Lipinski definition) is 2. The molecule has 1 aliphatic heterocycles. The zero-order valence-electron chi connectivity index (χ0n) is 8.03. The van der Waals surface area contributed by atoms with E-state index >= 15 is 0 Å². The highest BCUT2D eigenvalue weighted by Crippen LogP contribution is 2.17. The maximum Gasteiger partial charge on any atom is 0.241 e. The van der Waals surface area contributed by atoms with Gasteiger partial charge in [0.2, 0.25) is 5.91 Å². The summed E-state index contributed by atoms with van der Waals surface area (Å²) in [6.07, 6.45) is 2.97. The molecule has 0 atom stereocenters. The molecule has 0 aromatic heterocycles. The average Bonchev–Trinajstić information content (AvgIpc) is 2.07. The van der Waals surface area contributed by atoms with Crippen LogP contribution in [0.25, 0.3) is 0 Å². The third-order valence-corrected chi connectivity index (χ3v) is 2.04. The zero-order valence-corrected chi connectivity index (χ0v) is 9.61. The van der Waals surface area contributed by atoms with E-state index < -0.39 is 10.2 Å². The molecular weight excluding hydrogens is 251 g/mol. The Morgan fingerprint density at radius 3 is 2.86 bits per heavy atom. The number of carbonyl (C=O) groups is 1. The number of alkyl halides is 1. The van der Waals surface area contributed by atoms with Crippen LogP contribution < -0.4 is 10.6 Å². The minimum atomic E-state index is -0.705. The van der Waals surface area contributed by atoms with E-state index in [1.807, 2.05) is 0 Å². The fourth-order valence-electron chi connectivity index (χ4n) is 0.857. The molecule has 0 radical (unpaired) electrons. The molecule has 0 aromatic rings. The predicted molar refractivity (Wildman–Crippen MR) is 56.4 cm³/mol. The van der Waals surface area contributed by atoms with Gasteiger partial charge in [0.15, 0.2) is 5.83 Å². The van der Waals surface area contributed by atoms with Crippen molar-refractivity contribution in [3.63, 3.8) is 0 Å². The van der Waals surface area contributed by atoms with Crippen LogP contribution in [0.5, 0.6) is 0 Å². The first-order chi connectivity index (χ1) is 6.41. The second-order valence-electron chi connectivity index (χ2n) is 3.43. The SMILES string of the molecule is CC(C)(Br)C(=O)NC1=C(F)C=CCN1. The van der Waals surface area contributed by atoms with Gasteiger partial charge in [0.25, 0.3) is 0 Å². The lowest BCUT2D eigenvalue weighted by Gasteiger charge is -2.19. The Morgan fingerprint density at radius 2 is 2.36 bits per heavy atom. The molecule has 0 unspecified atom stereocenters. The molecule has 0 bridgehead atoms. The fourth-order valence-corrected chi connectivity index (χ4v) is 0.956. The summed E-state index contributed by atoms with van der Waals surface area (Å²) in [4.78, 5) is 11.5. The molecule has 14 heavy (non-hydrogen) atoms. The quantitative estimate of drug-likeness (QED) is 0.742. The lowest BCUT2D eigenvalue weighted by molar-refractivity contribution is -0.121. The van der Waals surface area contributed by atoms with Gasteiger partial charge in [0, 0.05) is 6.54 Å². The summed E-state index contributed by atoms with van der Waals surface area (Å²) >= 11 is 3.19. The Morgan fingerprint density at radius 1 is 1.71 bits per heavy atom. The van der Waals surface area contributed by atoms with Crippen LogP contribution in [-0.2, 0) is 4.79 Å². The van der Waals surface area contributed by atoms with Crippen molar-refractivity contribution in [3.05, 3.63) is 23.8 Å². The van der Waals surface area contributed by atoms with Crippen LogP contribution in [0.3, 0.4) is 0 Å². The van der Waals surface area contributed by atoms with E-state index in [4.69, 9.17) is 0 Å². The Labute approximate surface area is 90.6 Å². The fraction of sp³-hybridized carbons (Fsp3) is 0.444. The van der Waals surface area contributed by atoms with Crippen molar-refractivity contribution in [2.75, 3.05) is 6.54 Å². The van der Waals surface area contributed by atoms with Crippen LogP contribution >= 0.6 is 15.9 Å². The van der Waals surface area contributed by atoms with Crippen LogP contribution in [0.15, 0.2) is 23.8 Å². The standard InChI is InChI=1S/C9H12BrFN2O/c1-9(2,10)8(14)13-7-6(11)4-3-5-12-7/h3-4,12H,5H2,1-2H3,(H,13,14). The molecule has 1 heterocycles. The molecule has 0 fully saturated rings. The number of halogens is 2. The summed E-state index contributed by atoms with van der Waals surface area (Å²) in [6.45, 7) is 3.91. The molecule has 2 N–H and O–H groups in total. The molecule has 1 aliphatic rings. The van der Waals surface area contributed by atoms with Crippen molar-refractivity contribution < 1.29 is 9.18 Å². The van der Waals surface area contributed by atoms with Gasteiger partial charge in [0.1, 0.15) is 5.82 Å². The number of amides is 1. The molecule has 0 saturated carbocycles. The normalized spacial score (nSPS) is 16.6. The van der Waals surface area contributed by atoms with Gasteiger partial charge in [-0.2, -0.15) is 0 Å². The number of rotatable bonds is 2. The second-order valence-corrected chi connectivity index (χ2v) is 5.42. The first-order valence-electron chi connectivity index (χ1n) is 4.22. The van der Waals surface area contributed by atoms with E-state index in [0.717, 1.165) is 0 Å². The number of nitrogens with one attached hydrogen (secondary N) is 2. The molecule has 0 saturated heterocycles. The van der Waals surface area contributed by atoms with E-state index in [2.05, 4.69) is 26.6 Å². The Balaban J connectivity index is 2.69. The second kappa shape index (κ2) is 4.13. The maximum absolute atomic E-state index is 13.1. The van der Waals surface area contributed by atoms with Crippen LogP contribution in [0.1, 0.15) is 13.8 Å². The van der Waals surface area contributed by atoms with Crippen LogP contribution in [0.4, 0.5) is 4.39 Å². The smallest absolute Gasteiger partial charge is 0.241 e. The van der Waals surface area contributed by atoms with Gasteiger partial charge in [-0.15, -0.1) is 0 Å². The van der Waals surface area contributed by atoms with E-state index in [1.54, 1.807) is 19.9 Å². The van der Waals surface area contributed by atoms with E-state index in [9.17, 15) is 9.18 Å². The molecular formula is C9H12BrFN2O. The highest BCUT2D eigenvalue weighted by atomic mass is 79.9. The summed E-state index contributed by atoms with van der Waals surface area (Å²) in [5, 5.41) is 5.20. The Kier molecular flexibility index (Phi) is 3.31. The van der Waals surface area contributed by atoms with Crippen molar-refractivity contribution in [3.8, 4) is 0 Å². The van der Waals surface area contributed by atoms with Crippen LogP contribution in [-0.4, -0.2) is 16.8 Å². The third-order valence-electron chi connectivity index (χ3n) is 1.68. The number of carbonyl (C=O) groups excluding carboxylic acids is 1. The first-order valence-corrected chi connectivity index (χ1v) is 5.01. The van der Waals surface area contributed by atoms with Gasteiger partial charge in [-0.3, -0.25) is 4.79 Å². The molecule has 1 rings (SSSR count). The van der Waals surface area contributed by atoms with E-state index in [0.29, 0.717) is 6.54 Å². The first kappa shape index (κ1) is 11.2. The molecule has 1 amide bonds. The molecule has 0 aliphatic carbocycles. The third kappa shape index (κ3) is 2.83. The van der Waals surface area contributed by atoms with Crippen molar-refractivity contribution in [1.29, 1.82) is 0 Å². The average molecular weight is 263 g/mol. The highest BCUT2D eigenvalue weighted by molar-refractivity contribution is 9.10.